The summed E-state index contributed by atoms with van der Waals surface area (Å²) in [6, 6.07) is 7.56. The zero-order valence-corrected chi connectivity index (χ0v) is 20.1. The van der Waals surface area contributed by atoms with E-state index in [2.05, 4.69) is 10.3 Å². The Morgan fingerprint density at radius 2 is 1.63 bits per heavy atom. The molecule has 0 aliphatic carbocycles. The Morgan fingerprint density at radius 3 is 2.17 bits per heavy atom. The predicted molar refractivity (Wildman–Crippen MR) is 117 cm³/mol. The first-order chi connectivity index (χ1) is 16.3. The summed E-state index contributed by atoms with van der Waals surface area (Å²) in [6.45, 7) is 1.24. The summed E-state index contributed by atoms with van der Waals surface area (Å²) in [5, 5.41) is 3.17. The molecule has 12 heteroatoms. The maximum atomic E-state index is 13.2. The number of ether oxygens (including phenoxy) is 1. The second kappa shape index (κ2) is 10.3. The number of H-pyrrole nitrogens is 1. The van der Waals surface area contributed by atoms with Crippen LogP contribution in [-0.2, 0) is 38.4 Å². The minimum absolute atomic E-state index is 0.0315. The van der Waals surface area contributed by atoms with Gasteiger partial charge in [0.25, 0.3) is 0 Å². The minimum atomic E-state index is -4.93. The van der Waals surface area contributed by atoms with Crippen LogP contribution < -0.4 is 9.91 Å². The van der Waals surface area contributed by atoms with E-state index in [9.17, 15) is 35.9 Å². The third-order valence-corrected chi connectivity index (χ3v) is 7.42. The number of hydrogen-bond acceptors (Lipinski definition) is 3. The van der Waals surface area contributed by atoms with Crippen LogP contribution in [0.1, 0.15) is 29.2 Å². The standard InChI is InChI=1S/C23H20F6N2O3Se/c1-12(32)30-19(21(33)34-2)10-17-16-5-3-4-6-18(16)31-20(17)35-11-13-7-14(22(24,25)26)9-15(8-13)23(27,28)29/h3-9,19,31H,10-11H2,1-2H3,(H,30,32)/t19-/m1/s1. The fourth-order valence-corrected chi connectivity index (χ4v) is 5.70. The number of carbonyl (C=O) groups is 2. The van der Waals surface area contributed by atoms with Crippen LogP contribution in [-0.4, -0.2) is 45.0 Å². The van der Waals surface area contributed by atoms with Gasteiger partial charge in [0.2, 0.25) is 0 Å². The molecule has 0 aliphatic rings. The molecule has 188 valence electrons. The summed E-state index contributed by atoms with van der Waals surface area (Å²) >= 11 is -0.627. The number of aromatic nitrogens is 1. The van der Waals surface area contributed by atoms with Gasteiger partial charge in [-0.2, -0.15) is 0 Å². The van der Waals surface area contributed by atoms with Gasteiger partial charge in [-0.3, -0.25) is 0 Å². The van der Waals surface area contributed by atoms with Crippen LogP contribution in [0.5, 0.6) is 0 Å². The molecule has 1 heterocycles. The average Bonchev–Trinajstić information content (AvgIpc) is 3.12. The summed E-state index contributed by atoms with van der Waals surface area (Å²) in [5.74, 6) is -1.15. The molecule has 0 radical (unpaired) electrons. The number of carbonyl (C=O) groups excluding carboxylic acids is 2. The normalized spacial score (nSPS) is 13.0. The molecular formula is C23H20F6N2O3Se. The number of amides is 1. The molecule has 3 rings (SSSR count). The molecule has 0 saturated heterocycles. The first-order valence-electron chi connectivity index (χ1n) is 10.1. The molecule has 0 spiro atoms. The third-order valence-electron chi connectivity index (χ3n) is 5.08. The SMILES string of the molecule is COC(=O)[C@@H](Cc1c([Se]Cc2cc(C(F)(F)F)cc(C(F)(F)F)c2)[nH]c2ccccc12)NC(C)=O. The van der Waals surface area contributed by atoms with E-state index in [0.717, 1.165) is 5.39 Å². The van der Waals surface area contributed by atoms with E-state index in [1.807, 2.05) is 0 Å². The van der Waals surface area contributed by atoms with E-state index in [1.165, 1.54) is 14.0 Å². The number of nitrogens with one attached hydrogen (secondary N) is 2. The molecular weight excluding hydrogens is 545 g/mol. The van der Waals surface area contributed by atoms with E-state index in [4.69, 9.17) is 4.74 Å². The van der Waals surface area contributed by atoms with Gasteiger partial charge in [0.15, 0.2) is 0 Å². The van der Waals surface area contributed by atoms with E-state index >= 15 is 0 Å². The molecule has 5 nitrogen and oxygen atoms in total. The molecule has 1 atom stereocenters. The number of alkyl halides is 6. The monoisotopic (exact) mass is 566 g/mol. The second-order valence-electron chi connectivity index (χ2n) is 7.66. The Morgan fingerprint density at radius 1 is 1.03 bits per heavy atom. The van der Waals surface area contributed by atoms with Crippen molar-refractivity contribution in [1.82, 2.24) is 10.3 Å². The van der Waals surface area contributed by atoms with Crippen molar-refractivity contribution in [3.05, 3.63) is 64.7 Å². The van der Waals surface area contributed by atoms with Gasteiger partial charge in [0.1, 0.15) is 0 Å². The summed E-state index contributed by atoms with van der Waals surface area (Å²) in [4.78, 5) is 26.9. The average molecular weight is 565 g/mol. The number of benzene rings is 2. The summed E-state index contributed by atoms with van der Waals surface area (Å²) in [5.41, 5.74) is -1.53. The molecule has 0 unspecified atom stereocenters. The number of methoxy groups -OCH3 is 1. The van der Waals surface area contributed by atoms with Gasteiger partial charge >= 0.3 is 202 Å². The molecule has 0 bridgehead atoms. The summed E-state index contributed by atoms with van der Waals surface area (Å²) in [6.07, 6.45) is -9.83. The van der Waals surface area contributed by atoms with Gasteiger partial charge in [0.05, 0.1) is 0 Å². The molecule has 0 saturated carbocycles. The molecule has 35 heavy (non-hydrogen) atoms. The Bertz CT molecular complexity index is 1200. The summed E-state index contributed by atoms with van der Waals surface area (Å²) in [7, 11) is 1.17. The first-order valence-corrected chi connectivity index (χ1v) is 12.2. The Labute approximate surface area is 202 Å². The Balaban J connectivity index is 1.98. The van der Waals surface area contributed by atoms with Crippen molar-refractivity contribution in [2.45, 2.75) is 37.1 Å². The van der Waals surface area contributed by atoms with Gasteiger partial charge in [-0.25, -0.2) is 0 Å². The van der Waals surface area contributed by atoms with Gasteiger partial charge in [-0.05, 0) is 0 Å². The molecule has 3 aromatic rings. The molecule has 0 fully saturated rings. The topological polar surface area (TPSA) is 71.2 Å². The number of esters is 1. The fourth-order valence-electron chi connectivity index (χ4n) is 3.54. The Kier molecular flexibility index (Phi) is 7.86. The number of rotatable bonds is 7. The van der Waals surface area contributed by atoms with Crippen LogP contribution in [0.25, 0.3) is 10.9 Å². The zero-order chi connectivity index (χ0) is 26.0. The number of para-hydroxylation sites is 1. The first kappa shape index (κ1) is 26.6. The van der Waals surface area contributed by atoms with Crippen molar-refractivity contribution >= 4 is 42.3 Å². The maximum absolute atomic E-state index is 13.2. The number of aromatic amines is 1. The van der Waals surface area contributed by atoms with Crippen LogP contribution in [0.3, 0.4) is 0 Å². The second-order valence-corrected chi connectivity index (χ2v) is 9.73. The van der Waals surface area contributed by atoms with Crippen LogP contribution in [0.4, 0.5) is 26.3 Å². The van der Waals surface area contributed by atoms with Crippen LogP contribution >= 0.6 is 0 Å². The fraction of sp³-hybridized carbons (Fsp3) is 0.304. The van der Waals surface area contributed by atoms with Crippen molar-refractivity contribution < 1.29 is 40.7 Å². The molecule has 2 aromatic carbocycles. The molecule has 2 N–H and O–H groups in total. The van der Waals surface area contributed by atoms with Crippen LogP contribution in [0.15, 0.2) is 42.5 Å². The van der Waals surface area contributed by atoms with Gasteiger partial charge in [-0.1, -0.05) is 0 Å². The number of halogens is 6. The summed E-state index contributed by atoms with van der Waals surface area (Å²) < 4.78 is 84.6. The van der Waals surface area contributed by atoms with Crippen molar-refractivity contribution in [2.75, 3.05) is 7.11 Å². The van der Waals surface area contributed by atoms with E-state index in [1.54, 1.807) is 24.3 Å². The molecule has 1 amide bonds. The van der Waals surface area contributed by atoms with Crippen molar-refractivity contribution in [1.29, 1.82) is 0 Å². The van der Waals surface area contributed by atoms with E-state index < -0.39 is 56.4 Å². The Hall–Kier alpha value is -2.98. The van der Waals surface area contributed by atoms with Crippen LogP contribution in [0, 0.1) is 0 Å². The molecule has 1 aromatic heterocycles. The van der Waals surface area contributed by atoms with Crippen molar-refractivity contribution in [3.8, 4) is 0 Å². The van der Waals surface area contributed by atoms with E-state index in [-0.39, 0.29) is 23.4 Å². The van der Waals surface area contributed by atoms with Gasteiger partial charge in [0, 0.05) is 0 Å². The van der Waals surface area contributed by atoms with Crippen LogP contribution in [0.2, 0.25) is 0 Å². The number of hydrogen-bond donors (Lipinski definition) is 2. The molecule has 0 aliphatic heterocycles. The quantitative estimate of drug-likeness (QED) is 0.259. The van der Waals surface area contributed by atoms with Crippen molar-refractivity contribution in [3.63, 3.8) is 0 Å². The number of fused-ring (bicyclic) bond motifs is 1. The van der Waals surface area contributed by atoms with E-state index in [0.29, 0.717) is 27.8 Å². The van der Waals surface area contributed by atoms with Gasteiger partial charge in [-0.15, -0.1) is 0 Å². The van der Waals surface area contributed by atoms with Gasteiger partial charge < -0.3 is 0 Å². The van der Waals surface area contributed by atoms with Crippen molar-refractivity contribution in [2.24, 2.45) is 0 Å². The zero-order valence-electron chi connectivity index (χ0n) is 18.4. The third kappa shape index (κ3) is 6.58. The predicted octanol–water partition coefficient (Wildman–Crippen LogP) is 3.96.